The van der Waals surface area contributed by atoms with Crippen LogP contribution in [0.5, 0.6) is 5.75 Å². The molecule has 1 aromatic carbocycles. The third kappa shape index (κ3) is 1.94. The van der Waals surface area contributed by atoms with Gasteiger partial charge in [0.05, 0.1) is 11.8 Å². The fraction of sp³-hybridized carbons (Fsp3) is 0. The van der Waals surface area contributed by atoms with Crippen LogP contribution >= 0.6 is 15.9 Å². The Morgan fingerprint density at radius 1 is 1.33 bits per heavy atom. The summed E-state index contributed by atoms with van der Waals surface area (Å²) in [4.78, 5) is 11.8. The number of hydrogen-bond acceptors (Lipinski definition) is 3. The van der Waals surface area contributed by atoms with Crippen molar-refractivity contribution in [3.05, 3.63) is 52.4 Å². The van der Waals surface area contributed by atoms with Gasteiger partial charge in [0.1, 0.15) is 5.75 Å². The molecule has 76 valence electrons. The van der Waals surface area contributed by atoms with E-state index in [0.29, 0.717) is 0 Å². The predicted octanol–water partition coefficient (Wildman–Crippen LogP) is 2.98. The minimum Gasteiger partial charge on any atom is -0.507 e. The van der Waals surface area contributed by atoms with Gasteiger partial charge in [0.15, 0.2) is 5.76 Å². The first kappa shape index (κ1) is 9.98. The molecule has 0 aliphatic heterocycles. The number of aromatic hydroxyl groups is 1. The molecule has 0 saturated carbocycles. The van der Waals surface area contributed by atoms with Crippen molar-refractivity contribution in [2.75, 3.05) is 0 Å². The topological polar surface area (TPSA) is 50.4 Å². The lowest BCUT2D eigenvalue weighted by molar-refractivity contribution is 0.101. The van der Waals surface area contributed by atoms with Gasteiger partial charge in [0, 0.05) is 4.47 Å². The molecule has 0 unspecified atom stereocenters. The minimum absolute atomic E-state index is 0.0559. The number of furan rings is 1. The van der Waals surface area contributed by atoms with Gasteiger partial charge in [0.25, 0.3) is 0 Å². The van der Waals surface area contributed by atoms with Crippen molar-refractivity contribution in [3.63, 3.8) is 0 Å². The maximum absolute atomic E-state index is 11.8. The monoisotopic (exact) mass is 266 g/mol. The van der Waals surface area contributed by atoms with E-state index in [0.717, 1.165) is 4.47 Å². The van der Waals surface area contributed by atoms with Gasteiger partial charge in [-0.25, -0.2) is 0 Å². The number of phenolic OH excluding ortho intramolecular Hbond substituents is 1. The third-order valence-electron chi connectivity index (χ3n) is 1.95. The molecule has 1 aromatic heterocycles. The zero-order chi connectivity index (χ0) is 10.8. The lowest BCUT2D eigenvalue weighted by Crippen LogP contribution is -1.99. The van der Waals surface area contributed by atoms with Crippen LogP contribution in [0.3, 0.4) is 0 Å². The molecule has 15 heavy (non-hydrogen) atoms. The summed E-state index contributed by atoms with van der Waals surface area (Å²) in [6.45, 7) is 0. The molecule has 4 heteroatoms. The molecule has 0 spiro atoms. The van der Waals surface area contributed by atoms with Crippen LogP contribution in [0.25, 0.3) is 0 Å². The van der Waals surface area contributed by atoms with Crippen LogP contribution in [0.15, 0.2) is 45.5 Å². The fourth-order valence-electron chi connectivity index (χ4n) is 1.23. The number of ketones is 1. The molecule has 0 amide bonds. The van der Waals surface area contributed by atoms with E-state index in [1.807, 2.05) is 0 Å². The molecule has 2 aromatic rings. The number of phenols is 1. The summed E-state index contributed by atoms with van der Waals surface area (Å²) in [5.41, 5.74) is 0.222. The van der Waals surface area contributed by atoms with Crippen molar-refractivity contribution in [2.24, 2.45) is 0 Å². The molecule has 0 atom stereocenters. The number of hydrogen-bond donors (Lipinski definition) is 1. The van der Waals surface area contributed by atoms with Crippen LogP contribution in [-0.2, 0) is 0 Å². The van der Waals surface area contributed by atoms with Crippen LogP contribution < -0.4 is 0 Å². The van der Waals surface area contributed by atoms with Gasteiger partial charge < -0.3 is 9.52 Å². The van der Waals surface area contributed by atoms with Gasteiger partial charge in [-0.05, 0) is 30.3 Å². The standard InChI is InChI=1S/C11H7BrO3/c12-7-3-4-9(13)8(6-7)11(14)10-2-1-5-15-10/h1-6,13H. The molecule has 0 fully saturated rings. The molecule has 2 rings (SSSR count). The SMILES string of the molecule is O=C(c1ccco1)c1cc(Br)ccc1O. The molecule has 1 heterocycles. The number of carbonyl (C=O) groups excluding carboxylic acids is 1. The molecule has 0 radical (unpaired) electrons. The van der Waals surface area contributed by atoms with Crippen molar-refractivity contribution < 1.29 is 14.3 Å². The maximum atomic E-state index is 11.8. The van der Waals surface area contributed by atoms with Gasteiger partial charge >= 0.3 is 0 Å². The summed E-state index contributed by atoms with van der Waals surface area (Å²) in [5, 5.41) is 9.52. The first-order valence-electron chi connectivity index (χ1n) is 4.25. The zero-order valence-corrected chi connectivity index (χ0v) is 9.19. The quantitative estimate of drug-likeness (QED) is 0.851. The molecule has 1 N–H and O–H groups in total. The molecule has 0 saturated heterocycles. The largest absolute Gasteiger partial charge is 0.507 e. The highest BCUT2D eigenvalue weighted by Crippen LogP contribution is 2.24. The average molecular weight is 267 g/mol. The first-order chi connectivity index (χ1) is 7.18. The van der Waals surface area contributed by atoms with E-state index in [-0.39, 0.29) is 22.9 Å². The van der Waals surface area contributed by atoms with Gasteiger partial charge in [-0.2, -0.15) is 0 Å². The Kier molecular flexibility index (Phi) is 2.60. The molecular formula is C11H7BrO3. The molecular weight excluding hydrogens is 260 g/mol. The van der Waals surface area contributed by atoms with Crippen molar-refractivity contribution in [2.45, 2.75) is 0 Å². The highest BCUT2D eigenvalue weighted by Gasteiger charge is 2.15. The molecule has 0 aliphatic carbocycles. The highest BCUT2D eigenvalue weighted by molar-refractivity contribution is 9.10. The Bertz CT molecular complexity index is 489. The zero-order valence-electron chi connectivity index (χ0n) is 7.61. The molecule has 0 bridgehead atoms. The van der Waals surface area contributed by atoms with Crippen LogP contribution in [0.2, 0.25) is 0 Å². The summed E-state index contributed by atoms with van der Waals surface area (Å²) >= 11 is 3.23. The summed E-state index contributed by atoms with van der Waals surface area (Å²) in [5.74, 6) is -0.179. The van der Waals surface area contributed by atoms with Crippen molar-refractivity contribution >= 4 is 21.7 Å². The van der Waals surface area contributed by atoms with Gasteiger partial charge in [-0.3, -0.25) is 4.79 Å². The Morgan fingerprint density at radius 3 is 2.80 bits per heavy atom. The van der Waals surface area contributed by atoms with Crippen molar-refractivity contribution in [1.82, 2.24) is 0 Å². The second kappa shape index (κ2) is 3.90. The smallest absolute Gasteiger partial charge is 0.231 e. The van der Waals surface area contributed by atoms with E-state index in [1.54, 1.807) is 24.3 Å². The van der Waals surface area contributed by atoms with Gasteiger partial charge in [-0.15, -0.1) is 0 Å². The van der Waals surface area contributed by atoms with E-state index >= 15 is 0 Å². The van der Waals surface area contributed by atoms with Gasteiger partial charge in [0.2, 0.25) is 5.78 Å². The average Bonchev–Trinajstić information content (AvgIpc) is 2.74. The van der Waals surface area contributed by atoms with Crippen LogP contribution in [0.1, 0.15) is 16.1 Å². The van der Waals surface area contributed by atoms with Crippen LogP contribution in [0.4, 0.5) is 0 Å². The Labute approximate surface area is 94.5 Å². The third-order valence-corrected chi connectivity index (χ3v) is 2.44. The fourth-order valence-corrected chi connectivity index (χ4v) is 1.59. The Hall–Kier alpha value is -1.55. The maximum Gasteiger partial charge on any atom is 0.231 e. The van der Waals surface area contributed by atoms with E-state index < -0.39 is 0 Å². The number of halogens is 1. The summed E-state index contributed by atoms with van der Waals surface area (Å²) in [6.07, 6.45) is 1.42. The normalized spacial score (nSPS) is 10.2. The second-order valence-corrected chi connectivity index (χ2v) is 3.88. The first-order valence-corrected chi connectivity index (χ1v) is 5.04. The number of rotatable bonds is 2. The van der Waals surface area contributed by atoms with E-state index in [1.165, 1.54) is 12.3 Å². The van der Waals surface area contributed by atoms with Crippen molar-refractivity contribution in [1.29, 1.82) is 0 Å². The highest BCUT2D eigenvalue weighted by atomic mass is 79.9. The summed E-state index contributed by atoms with van der Waals surface area (Å²) < 4.78 is 5.70. The molecule has 3 nitrogen and oxygen atoms in total. The van der Waals surface area contributed by atoms with E-state index in [9.17, 15) is 9.90 Å². The van der Waals surface area contributed by atoms with E-state index in [4.69, 9.17) is 4.42 Å². The lowest BCUT2D eigenvalue weighted by atomic mass is 10.1. The summed E-state index contributed by atoms with van der Waals surface area (Å²) in [7, 11) is 0. The Morgan fingerprint density at radius 2 is 2.13 bits per heavy atom. The van der Waals surface area contributed by atoms with Gasteiger partial charge in [-0.1, -0.05) is 15.9 Å². The lowest BCUT2D eigenvalue weighted by Gasteiger charge is -2.01. The van der Waals surface area contributed by atoms with Crippen LogP contribution in [0, 0.1) is 0 Å². The van der Waals surface area contributed by atoms with Crippen molar-refractivity contribution in [3.8, 4) is 5.75 Å². The molecule has 0 aliphatic rings. The number of benzene rings is 1. The minimum atomic E-state index is -0.334. The number of carbonyl (C=O) groups is 1. The second-order valence-electron chi connectivity index (χ2n) is 2.97. The van der Waals surface area contributed by atoms with E-state index in [2.05, 4.69) is 15.9 Å². The Balaban J connectivity index is 2.46. The predicted molar refractivity (Wildman–Crippen MR) is 57.9 cm³/mol. The van der Waals surface area contributed by atoms with Crippen LogP contribution in [-0.4, -0.2) is 10.9 Å². The summed E-state index contributed by atoms with van der Waals surface area (Å²) in [6, 6.07) is 7.86.